The minimum Gasteiger partial charge on any atom is -0.307 e. The smallest absolute Gasteiger partial charge is 0.128 e. The van der Waals surface area contributed by atoms with Gasteiger partial charge in [0, 0.05) is 17.6 Å². The van der Waals surface area contributed by atoms with Gasteiger partial charge in [-0.3, -0.25) is 0 Å². The largest absolute Gasteiger partial charge is 0.307 e. The highest BCUT2D eigenvalue weighted by atomic mass is 19.1. The molecular weight excluding hydrogens is 256 g/mol. The minimum absolute atomic E-state index is 0.157. The van der Waals surface area contributed by atoms with Crippen LogP contribution in [0, 0.1) is 30.4 Å². The lowest BCUT2D eigenvalue weighted by molar-refractivity contribution is 0.216. The molecule has 112 valence electrons. The first kappa shape index (κ1) is 15.4. The summed E-state index contributed by atoms with van der Waals surface area (Å²) >= 11 is 0. The van der Waals surface area contributed by atoms with Crippen molar-refractivity contribution in [3.8, 4) is 0 Å². The monoisotopic (exact) mass is 281 g/mol. The molecule has 0 radical (unpaired) electrons. The van der Waals surface area contributed by atoms with Crippen LogP contribution in [0.5, 0.6) is 0 Å². The van der Waals surface area contributed by atoms with Gasteiger partial charge in [0.1, 0.15) is 11.6 Å². The van der Waals surface area contributed by atoms with Crippen molar-refractivity contribution in [3.63, 3.8) is 0 Å². The van der Waals surface area contributed by atoms with Crippen molar-refractivity contribution in [3.05, 3.63) is 34.9 Å². The molecule has 2 rings (SSSR count). The number of benzene rings is 1. The van der Waals surface area contributed by atoms with Gasteiger partial charge in [-0.1, -0.05) is 13.8 Å². The lowest BCUT2D eigenvalue weighted by Gasteiger charge is -2.34. The standard InChI is InChI=1S/C17H25F2N/c1-10-5-6-14(7-11(10)2)20-13(4)15-9-16(18)12(3)8-17(15)19/h8-11,13-14,20H,5-7H2,1-4H3. The normalized spacial score (nSPS) is 28.4. The molecule has 0 saturated heterocycles. The molecule has 1 aliphatic rings. The van der Waals surface area contributed by atoms with E-state index in [0.717, 1.165) is 18.8 Å². The molecule has 4 atom stereocenters. The van der Waals surface area contributed by atoms with E-state index in [1.165, 1.54) is 18.6 Å². The third kappa shape index (κ3) is 3.38. The van der Waals surface area contributed by atoms with Crippen LogP contribution >= 0.6 is 0 Å². The second kappa shape index (κ2) is 6.21. The fourth-order valence-corrected chi connectivity index (χ4v) is 3.14. The molecule has 4 unspecified atom stereocenters. The summed E-state index contributed by atoms with van der Waals surface area (Å²) < 4.78 is 27.6. The Hall–Kier alpha value is -0.960. The summed E-state index contributed by atoms with van der Waals surface area (Å²) in [6.45, 7) is 8.06. The third-order valence-electron chi connectivity index (χ3n) is 4.83. The molecular formula is C17H25F2N. The van der Waals surface area contributed by atoms with Crippen molar-refractivity contribution in [2.75, 3.05) is 0 Å². The van der Waals surface area contributed by atoms with E-state index in [9.17, 15) is 8.78 Å². The molecule has 3 heteroatoms. The Balaban J connectivity index is 2.05. The minimum atomic E-state index is -0.333. The summed E-state index contributed by atoms with van der Waals surface area (Å²) in [4.78, 5) is 0. The summed E-state index contributed by atoms with van der Waals surface area (Å²) in [5, 5.41) is 3.47. The Morgan fingerprint density at radius 2 is 1.80 bits per heavy atom. The molecule has 20 heavy (non-hydrogen) atoms. The van der Waals surface area contributed by atoms with Gasteiger partial charge >= 0.3 is 0 Å². The van der Waals surface area contributed by atoms with E-state index in [2.05, 4.69) is 19.2 Å². The van der Waals surface area contributed by atoms with Crippen LogP contribution in [0.4, 0.5) is 8.78 Å². The number of nitrogens with one attached hydrogen (secondary N) is 1. The predicted octanol–water partition coefficient (Wildman–Crippen LogP) is 4.75. The van der Waals surface area contributed by atoms with Crippen LogP contribution in [0.3, 0.4) is 0 Å². The first-order valence-corrected chi connectivity index (χ1v) is 7.60. The fraction of sp³-hybridized carbons (Fsp3) is 0.647. The van der Waals surface area contributed by atoms with Gasteiger partial charge in [0.25, 0.3) is 0 Å². The van der Waals surface area contributed by atoms with Crippen LogP contribution in [0.25, 0.3) is 0 Å². The van der Waals surface area contributed by atoms with Gasteiger partial charge < -0.3 is 5.32 Å². The van der Waals surface area contributed by atoms with Crippen molar-refractivity contribution in [2.45, 2.75) is 59.0 Å². The Bertz CT molecular complexity index is 472. The highest BCUT2D eigenvalue weighted by Gasteiger charge is 2.26. The first-order valence-electron chi connectivity index (χ1n) is 7.60. The molecule has 1 N–H and O–H groups in total. The van der Waals surface area contributed by atoms with Crippen LogP contribution in [0.1, 0.15) is 57.2 Å². The van der Waals surface area contributed by atoms with E-state index in [1.54, 1.807) is 6.92 Å². The molecule has 0 heterocycles. The Labute approximate surface area is 120 Å². The zero-order valence-electron chi connectivity index (χ0n) is 12.8. The molecule has 0 aliphatic heterocycles. The van der Waals surface area contributed by atoms with Gasteiger partial charge in [0.15, 0.2) is 0 Å². The molecule has 1 saturated carbocycles. The van der Waals surface area contributed by atoms with Crippen molar-refractivity contribution >= 4 is 0 Å². The number of halogens is 2. The third-order valence-corrected chi connectivity index (χ3v) is 4.83. The molecule has 0 amide bonds. The van der Waals surface area contributed by atoms with Crippen molar-refractivity contribution in [2.24, 2.45) is 11.8 Å². The lowest BCUT2D eigenvalue weighted by Crippen LogP contribution is -2.37. The molecule has 1 aromatic rings. The van der Waals surface area contributed by atoms with Crippen LogP contribution in [-0.4, -0.2) is 6.04 Å². The highest BCUT2D eigenvalue weighted by molar-refractivity contribution is 5.27. The highest BCUT2D eigenvalue weighted by Crippen LogP contribution is 2.31. The Morgan fingerprint density at radius 3 is 2.45 bits per heavy atom. The second-order valence-corrected chi connectivity index (χ2v) is 6.48. The maximum absolute atomic E-state index is 14.0. The fourth-order valence-electron chi connectivity index (χ4n) is 3.14. The van der Waals surface area contributed by atoms with Crippen molar-refractivity contribution in [1.82, 2.24) is 5.32 Å². The van der Waals surface area contributed by atoms with E-state index in [1.807, 2.05) is 6.92 Å². The van der Waals surface area contributed by atoms with Crippen LogP contribution in [0.15, 0.2) is 12.1 Å². The Kier molecular flexibility index (Phi) is 4.79. The van der Waals surface area contributed by atoms with E-state index >= 15 is 0 Å². The number of rotatable bonds is 3. The van der Waals surface area contributed by atoms with E-state index in [-0.39, 0.29) is 17.7 Å². The van der Waals surface area contributed by atoms with Crippen LogP contribution in [0.2, 0.25) is 0 Å². The average Bonchev–Trinajstić information content (AvgIpc) is 2.38. The molecule has 0 aromatic heterocycles. The maximum Gasteiger partial charge on any atom is 0.128 e. The number of aryl methyl sites for hydroxylation is 1. The van der Waals surface area contributed by atoms with Crippen molar-refractivity contribution in [1.29, 1.82) is 0 Å². The first-order chi connectivity index (χ1) is 9.38. The lowest BCUT2D eigenvalue weighted by atomic mass is 9.79. The van der Waals surface area contributed by atoms with Gasteiger partial charge in [-0.2, -0.15) is 0 Å². The van der Waals surface area contributed by atoms with Crippen molar-refractivity contribution < 1.29 is 8.78 Å². The summed E-state index contributed by atoms with van der Waals surface area (Å²) in [5.41, 5.74) is 0.790. The summed E-state index contributed by atoms with van der Waals surface area (Å²) in [7, 11) is 0. The number of hydrogen-bond acceptors (Lipinski definition) is 1. The van der Waals surface area contributed by atoms with E-state index < -0.39 is 0 Å². The summed E-state index contributed by atoms with van der Waals surface area (Å²) in [5.74, 6) is 0.798. The predicted molar refractivity (Wildman–Crippen MR) is 78.6 cm³/mol. The van der Waals surface area contributed by atoms with Gasteiger partial charge in [0.2, 0.25) is 0 Å². The zero-order chi connectivity index (χ0) is 14.9. The summed E-state index contributed by atoms with van der Waals surface area (Å²) in [6.07, 6.45) is 3.43. The molecule has 0 bridgehead atoms. The molecule has 1 aliphatic carbocycles. The van der Waals surface area contributed by atoms with Gasteiger partial charge in [-0.05, 0) is 62.6 Å². The van der Waals surface area contributed by atoms with Gasteiger partial charge in [-0.25, -0.2) is 8.78 Å². The topological polar surface area (TPSA) is 12.0 Å². The Morgan fingerprint density at radius 1 is 1.10 bits per heavy atom. The zero-order valence-corrected chi connectivity index (χ0v) is 12.8. The van der Waals surface area contributed by atoms with Crippen LogP contribution in [-0.2, 0) is 0 Å². The molecule has 1 aromatic carbocycles. The SMILES string of the molecule is Cc1cc(F)c(C(C)NC2CCC(C)C(C)C2)cc1F. The maximum atomic E-state index is 14.0. The quantitative estimate of drug-likeness (QED) is 0.843. The average molecular weight is 281 g/mol. The van der Waals surface area contributed by atoms with E-state index in [4.69, 9.17) is 0 Å². The van der Waals surface area contributed by atoms with Crippen LogP contribution < -0.4 is 5.32 Å². The molecule has 1 fully saturated rings. The number of hydrogen-bond donors (Lipinski definition) is 1. The van der Waals surface area contributed by atoms with Gasteiger partial charge in [-0.15, -0.1) is 0 Å². The summed E-state index contributed by atoms with van der Waals surface area (Å²) in [6, 6.07) is 2.86. The molecule has 1 nitrogen and oxygen atoms in total. The second-order valence-electron chi connectivity index (χ2n) is 6.48. The van der Waals surface area contributed by atoms with Gasteiger partial charge in [0.05, 0.1) is 0 Å². The van der Waals surface area contributed by atoms with E-state index in [0.29, 0.717) is 23.1 Å². The molecule has 0 spiro atoms.